The lowest BCUT2D eigenvalue weighted by Gasteiger charge is -2.26. The minimum absolute atomic E-state index is 0.0761. The van der Waals surface area contributed by atoms with Crippen molar-refractivity contribution >= 4 is 11.8 Å². The lowest BCUT2D eigenvalue weighted by Crippen LogP contribution is -2.40. The van der Waals surface area contributed by atoms with Gasteiger partial charge in [0, 0.05) is 31.5 Å². The summed E-state index contributed by atoms with van der Waals surface area (Å²) in [4.78, 5) is 27.3. The Morgan fingerprint density at radius 2 is 1.67 bits per heavy atom. The maximum Gasteiger partial charge on any atom is 0.223 e. The number of carbonyl (C=O) groups is 2. The molecular weight excluding hydrogens is 372 g/mol. The molecule has 0 spiro atoms. The van der Waals surface area contributed by atoms with Gasteiger partial charge in [-0.2, -0.15) is 0 Å². The Bertz CT molecular complexity index is 615. The molecule has 1 N–H and O–H groups in total. The van der Waals surface area contributed by atoms with Gasteiger partial charge >= 0.3 is 0 Å². The summed E-state index contributed by atoms with van der Waals surface area (Å²) in [6.45, 7) is 14.2. The number of hydrogen-bond acceptors (Lipinski definition) is 2. The maximum absolute atomic E-state index is 12.7. The van der Waals surface area contributed by atoms with Crippen molar-refractivity contribution in [3.05, 3.63) is 35.9 Å². The largest absolute Gasteiger partial charge is 0.353 e. The zero-order chi connectivity index (χ0) is 22.5. The summed E-state index contributed by atoms with van der Waals surface area (Å²) in [5, 5.41) is 3.13. The number of rotatable bonds is 14. The van der Waals surface area contributed by atoms with Gasteiger partial charge in [0.25, 0.3) is 0 Å². The van der Waals surface area contributed by atoms with E-state index in [1.165, 1.54) is 12.0 Å². The van der Waals surface area contributed by atoms with Crippen LogP contribution in [0.2, 0.25) is 0 Å². The molecule has 170 valence electrons. The van der Waals surface area contributed by atoms with Gasteiger partial charge < -0.3 is 10.2 Å². The standard InChI is InChI=1S/C26H44N2O2/c1-7-21(4)12-11-15-25(29)28(19-20(2)3)17-16-22(5)26(30)27-23(6)18-24-13-9-8-10-14-24/h8-10,13-14,20-23H,7,11-12,15-19H2,1-6H3,(H,27,30). The zero-order valence-electron chi connectivity index (χ0n) is 20.1. The normalized spacial score (nSPS) is 14.2. The molecule has 3 unspecified atom stereocenters. The lowest BCUT2D eigenvalue weighted by atomic mass is 10.0. The highest BCUT2D eigenvalue weighted by Crippen LogP contribution is 2.14. The first-order valence-corrected chi connectivity index (χ1v) is 11.8. The van der Waals surface area contributed by atoms with E-state index in [1.807, 2.05) is 36.9 Å². The number of amides is 2. The monoisotopic (exact) mass is 416 g/mol. The summed E-state index contributed by atoms with van der Waals surface area (Å²) >= 11 is 0. The Balaban J connectivity index is 2.47. The molecule has 0 saturated carbocycles. The van der Waals surface area contributed by atoms with E-state index < -0.39 is 0 Å². The molecule has 1 rings (SSSR count). The van der Waals surface area contributed by atoms with Gasteiger partial charge in [-0.05, 0) is 43.6 Å². The number of hydrogen-bond donors (Lipinski definition) is 1. The van der Waals surface area contributed by atoms with Crippen molar-refractivity contribution in [3.63, 3.8) is 0 Å². The highest BCUT2D eigenvalue weighted by Gasteiger charge is 2.20. The van der Waals surface area contributed by atoms with Crippen LogP contribution in [0.3, 0.4) is 0 Å². The third kappa shape index (κ3) is 10.8. The molecule has 1 aromatic carbocycles. The van der Waals surface area contributed by atoms with Gasteiger partial charge in [-0.3, -0.25) is 9.59 Å². The predicted octanol–water partition coefficient (Wildman–Crippen LogP) is 5.46. The summed E-state index contributed by atoms with van der Waals surface area (Å²) in [5.41, 5.74) is 1.23. The maximum atomic E-state index is 12.7. The fourth-order valence-electron chi connectivity index (χ4n) is 3.61. The van der Waals surface area contributed by atoms with Crippen molar-refractivity contribution in [2.45, 2.75) is 86.1 Å². The third-order valence-electron chi connectivity index (χ3n) is 5.78. The number of carbonyl (C=O) groups excluding carboxylic acids is 2. The van der Waals surface area contributed by atoms with E-state index >= 15 is 0 Å². The van der Waals surface area contributed by atoms with Crippen LogP contribution >= 0.6 is 0 Å². The molecule has 0 bridgehead atoms. The van der Waals surface area contributed by atoms with Crippen molar-refractivity contribution in [2.75, 3.05) is 13.1 Å². The van der Waals surface area contributed by atoms with Gasteiger partial charge in [-0.1, -0.05) is 77.8 Å². The minimum Gasteiger partial charge on any atom is -0.353 e. The SMILES string of the molecule is CCC(C)CCCC(=O)N(CCC(C)C(=O)NC(C)Cc1ccccc1)CC(C)C. The summed E-state index contributed by atoms with van der Waals surface area (Å²) < 4.78 is 0. The van der Waals surface area contributed by atoms with Crippen LogP contribution in [0.15, 0.2) is 30.3 Å². The van der Waals surface area contributed by atoms with E-state index in [0.29, 0.717) is 31.2 Å². The first kappa shape index (κ1) is 26.2. The number of benzene rings is 1. The average Bonchev–Trinajstić information content (AvgIpc) is 2.70. The Labute approximate surface area is 184 Å². The highest BCUT2D eigenvalue weighted by atomic mass is 16.2. The third-order valence-corrected chi connectivity index (χ3v) is 5.78. The minimum atomic E-state index is -0.106. The van der Waals surface area contributed by atoms with Gasteiger partial charge in [0.2, 0.25) is 11.8 Å². The molecule has 0 aliphatic carbocycles. The van der Waals surface area contributed by atoms with E-state index in [4.69, 9.17) is 0 Å². The zero-order valence-corrected chi connectivity index (χ0v) is 20.1. The second-order valence-electron chi connectivity index (χ2n) is 9.43. The van der Waals surface area contributed by atoms with Crippen molar-refractivity contribution in [1.29, 1.82) is 0 Å². The first-order chi connectivity index (χ1) is 14.2. The molecule has 0 fully saturated rings. The second kappa shape index (κ2) is 14.2. The quantitative estimate of drug-likeness (QED) is 0.438. The second-order valence-corrected chi connectivity index (χ2v) is 9.43. The average molecular weight is 417 g/mol. The van der Waals surface area contributed by atoms with Gasteiger partial charge in [0.1, 0.15) is 0 Å². The summed E-state index contributed by atoms with van der Waals surface area (Å²) in [6, 6.07) is 10.3. The molecule has 0 aliphatic rings. The van der Waals surface area contributed by atoms with Crippen LogP contribution in [0.1, 0.15) is 79.2 Å². The Kier molecular flexibility index (Phi) is 12.4. The van der Waals surface area contributed by atoms with Crippen molar-refractivity contribution < 1.29 is 9.59 Å². The van der Waals surface area contributed by atoms with E-state index in [9.17, 15) is 9.59 Å². The molecule has 4 nitrogen and oxygen atoms in total. The molecular formula is C26H44N2O2. The smallest absolute Gasteiger partial charge is 0.223 e. The number of nitrogens with one attached hydrogen (secondary N) is 1. The van der Waals surface area contributed by atoms with Crippen LogP contribution in [0.25, 0.3) is 0 Å². The molecule has 0 aliphatic heterocycles. The topological polar surface area (TPSA) is 49.4 Å². The van der Waals surface area contributed by atoms with Crippen molar-refractivity contribution in [3.8, 4) is 0 Å². The van der Waals surface area contributed by atoms with Gasteiger partial charge in [0.05, 0.1) is 0 Å². The Hall–Kier alpha value is -1.84. The highest BCUT2D eigenvalue weighted by molar-refractivity contribution is 5.79. The van der Waals surface area contributed by atoms with Crippen LogP contribution in [0.5, 0.6) is 0 Å². The van der Waals surface area contributed by atoms with Crippen LogP contribution in [0.4, 0.5) is 0 Å². The summed E-state index contributed by atoms with van der Waals surface area (Å²) in [6.07, 6.45) is 5.37. The molecule has 0 radical (unpaired) electrons. The van der Waals surface area contributed by atoms with Gasteiger partial charge in [-0.15, -0.1) is 0 Å². The van der Waals surface area contributed by atoms with E-state index in [2.05, 4.69) is 45.1 Å². The predicted molar refractivity (Wildman–Crippen MR) is 126 cm³/mol. The van der Waals surface area contributed by atoms with Gasteiger partial charge in [-0.25, -0.2) is 0 Å². The molecule has 3 atom stereocenters. The molecule has 2 amide bonds. The molecule has 1 aromatic rings. The molecule has 4 heteroatoms. The van der Waals surface area contributed by atoms with Crippen LogP contribution < -0.4 is 5.32 Å². The Morgan fingerprint density at radius 3 is 2.27 bits per heavy atom. The molecule has 0 heterocycles. The van der Waals surface area contributed by atoms with Crippen molar-refractivity contribution in [2.24, 2.45) is 17.8 Å². The fraction of sp³-hybridized carbons (Fsp3) is 0.692. The lowest BCUT2D eigenvalue weighted by molar-refractivity contribution is -0.133. The van der Waals surface area contributed by atoms with Crippen LogP contribution in [0, 0.1) is 17.8 Å². The molecule has 0 saturated heterocycles. The van der Waals surface area contributed by atoms with Crippen LogP contribution in [-0.4, -0.2) is 35.8 Å². The van der Waals surface area contributed by atoms with Crippen LogP contribution in [-0.2, 0) is 16.0 Å². The van der Waals surface area contributed by atoms with Crippen molar-refractivity contribution in [1.82, 2.24) is 10.2 Å². The summed E-state index contributed by atoms with van der Waals surface area (Å²) in [5.74, 6) is 1.31. The summed E-state index contributed by atoms with van der Waals surface area (Å²) in [7, 11) is 0. The molecule has 0 aromatic heterocycles. The van der Waals surface area contributed by atoms with Gasteiger partial charge in [0.15, 0.2) is 0 Å². The van der Waals surface area contributed by atoms with E-state index in [-0.39, 0.29) is 23.8 Å². The Morgan fingerprint density at radius 1 is 1.00 bits per heavy atom. The number of nitrogens with zero attached hydrogens (tertiary/aromatic N) is 1. The fourth-order valence-corrected chi connectivity index (χ4v) is 3.61. The van der Waals surface area contributed by atoms with E-state index in [0.717, 1.165) is 25.8 Å². The van der Waals surface area contributed by atoms with E-state index in [1.54, 1.807) is 0 Å². The molecule has 30 heavy (non-hydrogen) atoms. The first-order valence-electron chi connectivity index (χ1n) is 11.8.